The van der Waals surface area contributed by atoms with Crippen LogP contribution < -0.4 is 10.6 Å². The number of carbonyl (C=O) groups excluding carboxylic acids is 2. The summed E-state index contributed by atoms with van der Waals surface area (Å²) in [7, 11) is 0. The first kappa shape index (κ1) is 14.9. The van der Waals surface area contributed by atoms with Crippen molar-refractivity contribution in [1.29, 1.82) is 0 Å². The van der Waals surface area contributed by atoms with E-state index in [9.17, 15) is 9.59 Å². The van der Waals surface area contributed by atoms with E-state index in [0.29, 0.717) is 18.7 Å². The van der Waals surface area contributed by atoms with E-state index in [1.807, 2.05) is 18.2 Å². The average molecular weight is 292 g/mol. The summed E-state index contributed by atoms with van der Waals surface area (Å²) in [5, 5.41) is 5.67. The first-order valence-corrected chi connectivity index (χ1v) is 8.10. The van der Waals surface area contributed by atoms with Crippen molar-refractivity contribution in [2.45, 2.75) is 25.3 Å². The molecule has 20 heavy (non-hydrogen) atoms. The highest BCUT2D eigenvalue weighted by atomic mass is 32.2. The van der Waals surface area contributed by atoms with Crippen LogP contribution >= 0.6 is 11.8 Å². The standard InChI is InChI=1S/C15H20N2O2S/c18-14-8-10-20-11-13(17-14)15(19)16-9-4-7-12-5-2-1-3-6-12/h1-3,5-6,13H,4,7-11H2,(H,16,19)(H,17,18)/t13-/m1/s1. The second-order valence-electron chi connectivity index (χ2n) is 4.83. The summed E-state index contributed by atoms with van der Waals surface area (Å²) >= 11 is 1.65. The lowest BCUT2D eigenvalue weighted by molar-refractivity contribution is -0.128. The quantitative estimate of drug-likeness (QED) is 0.806. The molecule has 0 radical (unpaired) electrons. The number of amides is 2. The minimum absolute atomic E-state index is 0.0283. The zero-order chi connectivity index (χ0) is 14.2. The van der Waals surface area contributed by atoms with Gasteiger partial charge in [0.25, 0.3) is 0 Å². The van der Waals surface area contributed by atoms with Crippen LogP contribution in [0, 0.1) is 0 Å². The summed E-state index contributed by atoms with van der Waals surface area (Å²) < 4.78 is 0. The van der Waals surface area contributed by atoms with Gasteiger partial charge in [0.05, 0.1) is 0 Å². The van der Waals surface area contributed by atoms with Crippen LogP contribution in [0.4, 0.5) is 0 Å². The Morgan fingerprint density at radius 2 is 2.15 bits per heavy atom. The Morgan fingerprint density at radius 3 is 2.95 bits per heavy atom. The van der Waals surface area contributed by atoms with E-state index in [1.165, 1.54) is 5.56 Å². The fraction of sp³-hybridized carbons (Fsp3) is 0.467. The average Bonchev–Trinajstić information content (AvgIpc) is 2.69. The highest BCUT2D eigenvalue weighted by molar-refractivity contribution is 7.99. The lowest BCUT2D eigenvalue weighted by atomic mass is 10.1. The van der Waals surface area contributed by atoms with Gasteiger partial charge in [-0.1, -0.05) is 30.3 Å². The molecule has 1 saturated heterocycles. The Labute approximate surface area is 123 Å². The molecule has 2 N–H and O–H groups in total. The van der Waals surface area contributed by atoms with Gasteiger partial charge in [-0.25, -0.2) is 0 Å². The molecule has 0 bridgehead atoms. The maximum absolute atomic E-state index is 12.0. The molecule has 1 aromatic rings. The summed E-state index contributed by atoms with van der Waals surface area (Å²) in [6, 6.07) is 9.83. The van der Waals surface area contributed by atoms with E-state index in [0.717, 1.165) is 18.6 Å². The van der Waals surface area contributed by atoms with Crippen molar-refractivity contribution in [3.63, 3.8) is 0 Å². The van der Waals surface area contributed by atoms with E-state index in [4.69, 9.17) is 0 Å². The molecule has 0 aliphatic carbocycles. The van der Waals surface area contributed by atoms with Crippen molar-refractivity contribution < 1.29 is 9.59 Å². The summed E-state index contributed by atoms with van der Waals surface area (Å²) in [5.74, 6) is 1.36. The van der Waals surface area contributed by atoms with Crippen LogP contribution in [0.15, 0.2) is 30.3 Å². The Morgan fingerprint density at radius 1 is 1.35 bits per heavy atom. The van der Waals surface area contributed by atoms with Crippen molar-refractivity contribution in [3.8, 4) is 0 Å². The topological polar surface area (TPSA) is 58.2 Å². The highest BCUT2D eigenvalue weighted by Crippen LogP contribution is 2.09. The van der Waals surface area contributed by atoms with Gasteiger partial charge in [0.15, 0.2) is 0 Å². The van der Waals surface area contributed by atoms with Gasteiger partial charge in [-0.3, -0.25) is 9.59 Å². The van der Waals surface area contributed by atoms with Crippen LogP contribution in [0.2, 0.25) is 0 Å². The van der Waals surface area contributed by atoms with Gasteiger partial charge in [0.2, 0.25) is 11.8 Å². The van der Waals surface area contributed by atoms with Gasteiger partial charge >= 0.3 is 0 Å². The van der Waals surface area contributed by atoms with E-state index in [-0.39, 0.29) is 17.9 Å². The molecule has 1 aliphatic rings. The van der Waals surface area contributed by atoms with Crippen molar-refractivity contribution in [2.75, 3.05) is 18.1 Å². The van der Waals surface area contributed by atoms with E-state index < -0.39 is 0 Å². The lowest BCUT2D eigenvalue weighted by Gasteiger charge is -2.15. The number of benzene rings is 1. The monoisotopic (exact) mass is 292 g/mol. The molecule has 0 unspecified atom stereocenters. The van der Waals surface area contributed by atoms with Gasteiger partial charge in [0, 0.05) is 24.5 Å². The number of aryl methyl sites for hydroxylation is 1. The maximum atomic E-state index is 12.0. The number of hydrogen-bond donors (Lipinski definition) is 2. The molecule has 1 atom stereocenters. The molecule has 0 spiro atoms. The Bertz CT molecular complexity index is 450. The van der Waals surface area contributed by atoms with Crippen LogP contribution in [0.5, 0.6) is 0 Å². The van der Waals surface area contributed by atoms with Crippen LogP contribution in [-0.2, 0) is 16.0 Å². The van der Waals surface area contributed by atoms with Crippen molar-refractivity contribution in [2.24, 2.45) is 0 Å². The largest absolute Gasteiger partial charge is 0.354 e. The van der Waals surface area contributed by atoms with Gasteiger partial charge < -0.3 is 10.6 Å². The van der Waals surface area contributed by atoms with Crippen LogP contribution in [0.3, 0.4) is 0 Å². The molecule has 1 heterocycles. The third-order valence-electron chi connectivity index (χ3n) is 3.19. The highest BCUT2D eigenvalue weighted by Gasteiger charge is 2.22. The second-order valence-corrected chi connectivity index (χ2v) is 5.98. The smallest absolute Gasteiger partial charge is 0.243 e. The molecule has 5 heteroatoms. The Kier molecular flexibility index (Phi) is 5.92. The lowest BCUT2D eigenvalue weighted by Crippen LogP contribution is -2.47. The predicted octanol–water partition coefficient (Wildman–Crippen LogP) is 1.36. The normalized spacial score (nSPS) is 19.0. The number of carbonyl (C=O) groups is 2. The van der Waals surface area contributed by atoms with Gasteiger partial charge in [-0.2, -0.15) is 11.8 Å². The number of rotatable bonds is 5. The summed E-state index contributed by atoms with van der Waals surface area (Å²) in [6.07, 6.45) is 2.36. The van der Waals surface area contributed by atoms with Gasteiger partial charge in [-0.15, -0.1) is 0 Å². The van der Waals surface area contributed by atoms with Crippen molar-refractivity contribution in [1.82, 2.24) is 10.6 Å². The molecular formula is C15H20N2O2S. The summed E-state index contributed by atoms with van der Waals surface area (Å²) in [6.45, 7) is 0.644. The maximum Gasteiger partial charge on any atom is 0.243 e. The third kappa shape index (κ3) is 4.89. The molecule has 4 nitrogen and oxygen atoms in total. The fourth-order valence-corrected chi connectivity index (χ4v) is 3.05. The molecule has 0 aromatic heterocycles. The van der Waals surface area contributed by atoms with E-state index in [1.54, 1.807) is 11.8 Å². The minimum atomic E-state index is -0.383. The minimum Gasteiger partial charge on any atom is -0.354 e. The SMILES string of the molecule is O=C1CCSC[C@H](C(=O)NCCCc2ccccc2)N1. The Hall–Kier alpha value is -1.49. The second kappa shape index (κ2) is 7.94. The van der Waals surface area contributed by atoms with Crippen LogP contribution in [-0.4, -0.2) is 35.9 Å². The molecule has 1 aliphatic heterocycles. The number of thioether (sulfide) groups is 1. The summed E-state index contributed by atoms with van der Waals surface area (Å²) in [4.78, 5) is 23.4. The molecule has 0 saturated carbocycles. The molecule has 1 aromatic carbocycles. The first-order valence-electron chi connectivity index (χ1n) is 6.94. The fourth-order valence-electron chi connectivity index (χ4n) is 2.09. The first-order chi connectivity index (χ1) is 9.75. The molecule has 2 amide bonds. The zero-order valence-corrected chi connectivity index (χ0v) is 12.2. The number of nitrogens with one attached hydrogen (secondary N) is 2. The van der Waals surface area contributed by atoms with E-state index in [2.05, 4.69) is 22.8 Å². The molecule has 2 rings (SSSR count). The molecular weight excluding hydrogens is 272 g/mol. The number of hydrogen-bond acceptors (Lipinski definition) is 3. The van der Waals surface area contributed by atoms with E-state index >= 15 is 0 Å². The molecule has 1 fully saturated rings. The molecule has 108 valence electrons. The predicted molar refractivity (Wildman–Crippen MR) is 81.6 cm³/mol. The summed E-state index contributed by atoms with van der Waals surface area (Å²) in [5.41, 5.74) is 1.28. The van der Waals surface area contributed by atoms with Gasteiger partial charge in [-0.05, 0) is 18.4 Å². The Balaban J connectivity index is 1.68. The van der Waals surface area contributed by atoms with Crippen molar-refractivity contribution >= 4 is 23.6 Å². The van der Waals surface area contributed by atoms with Crippen LogP contribution in [0.1, 0.15) is 18.4 Å². The van der Waals surface area contributed by atoms with Gasteiger partial charge in [0.1, 0.15) is 6.04 Å². The zero-order valence-electron chi connectivity index (χ0n) is 11.4. The third-order valence-corrected chi connectivity index (χ3v) is 4.26. The van der Waals surface area contributed by atoms with Crippen molar-refractivity contribution in [3.05, 3.63) is 35.9 Å². The van der Waals surface area contributed by atoms with Crippen LogP contribution in [0.25, 0.3) is 0 Å².